The summed E-state index contributed by atoms with van der Waals surface area (Å²) in [7, 11) is 0. The topological polar surface area (TPSA) is 52.8 Å². The third kappa shape index (κ3) is 5.80. The SMILES string of the molecule is FC(F)(F)c1cccc(-c2ccc(C=NNC(=S)NCCN3CCCC3)o2)c1. The zero-order chi connectivity index (χ0) is 20.0. The number of furan rings is 1. The lowest BCUT2D eigenvalue weighted by Gasteiger charge is -2.15. The van der Waals surface area contributed by atoms with Crippen LogP contribution in [0.25, 0.3) is 11.3 Å². The van der Waals surface area contributed by atoms with E-state index in [1.165, 1.54) is 25.1 Å². The molecule has 28 heavy (non-hydrogen) atoms. The Hall–Kier alpha value is -2.39. The molecule has 2 aromatic rings. The summed E-state index contributed by atoms with van der Waals surface area (Å²) < 4.78 is 44.0. The van der Waals surface area contributed by atoms with E-state index in [2.05, 4.69) is 20.7 Å². The summed E-state index contributed by atoms with van der Waals surface area (Å²) in [5.74, 6) is 0.735. The summed E-state index contributed by atoms with van der Waals surface area (Å²) in [6.07, 6.45) is -0.475. The van der Waals surface area contributed by atoms with Gasteiger partial charge in [0.1, 0.15) is 11.5 Å². The fourth-order valence-electron chi connectivity index (χ4n) is 2.95. The van der Waals surface area contributed by atoms with E-state index in [-0.39, 0.29) is 0 Å². The first-order chi connectivity index (χ1) is 13.4. The minimum atomic E-state index is -4.39. The molecule has 0 unspecified atom stereocenters. The number of hydrazone groups is 1. The van der Waals surface area contributed by atoms with Crippen LogP contribution in [0.3, 0.4) is 0 Å². The maximum atomic E-state index is 12.8. The Bertz CT molecular complexity index is 829. The molecule has 1 aromatic heterocycles. The molecule has 0 saturated carbocycles. The molecule has 0 amide bonds. The minimum absolute atomic E-state index is 0.332. The van der Waals surface area contributed by atoms with Crippen molar-refractivity contribution in [1.82, 2.24) is 15.6 Å². The number of benzene rings is 1. The summed E-state index contributed by atoms with van der Waals surface area (Å²) in [6, 6.07) is 8.22. The average Bonchev–Trinajstić information content (AvgIpc) is 3.33. The molecule has 1 aliphatic heterocycles. The second-order valence-electron chi connectivity index (χ2n) is 6.46. The molecule has 9 heteroatoms. The number of rotatable bonds is 6. The molecule has 150 valence electrons. The van der Waals surface area contributed by atoms with Gasteiger partial charge < -0.3 is 14.6 Å². The highest BCUT2D eigenvalue weighted by Crippen LogP contribution is 2.32. The standard InChI is InChI=1S/C19H21F3N4OS/c20-19(21,22)15-5-3-4-14(12-15)17-7-6-16(27-17)13-24-25-18(28)23-8-11-26-9-1-2-10-26/h3-7,12-13H,1-2,8-11H2,(H2,23,25,28). The monoisotopic (exact) mass is 410 g/mol. The lowest BCUT2D eigenvalue weighted by Crippen LogP contribution is -2.37. The quantitative estimate of drug-likeness (QED) is 0.430. The van der Waals surface area contributed by atoms with Crippen LogP contribution in [-0.2, 0) is 6.18 Å². The van der Waals surface area contributed by atoms with Crippen LogP contribution in [0.2, 0.25) is 0 Å². The first-order valence-corrected chi connectivity index (χ1v) is 9.39. The van der Waals surface area contributed by atoms with E-state index >= 15 is 0 Å². The average molecular weight is 410 g/mol. The fraction of sp³-hybridized carbons (Fsp3) is 0.368. The number of alkyl halides is 3. The Balaban J connectivity index is 1.49. The zero-order valence-corrected chi connectivity index (χ0v) is 15.9. The number of nitrogens with zero attached hydrogens (tertiary/aromatic N) is 2. The Morgan fingerprint density at radius 3 is 2.75 bits per heavy atom. The van der Waals surface area contributed by atoms with E-state index in [0.29, 0.717) is 22.2 Å². The van der Waals surface area contributed by atoms with Crippen molar-refractivity contribution in [1.29, 1.82) is 0 Å². The summed E-state index contributed by atoms with van der Waals surface area (Å²) in [5.41, 5.74) is 2.33. The molecular weight excluding hydrogens is 389 g/mol. The van der Waals surface area contributed by atoms with Gasteiger partial charge in [-0.15, -0.1) is 0 Å². The predicted octanol–water partition coefficient (Wildman–Crippen LogP) is 3.86. The third-order valence-electron chi connectivity index (χ3n) is 4.37. The maximum absolute atomic E-state index is 12.8. The van der Waals surface area contributed by atoms with Crippen molar-refractivity contribution in [3.8, 4) is 11.3 Å². The van der Waals surface area contributed by atoms with Gasteiger partial charge >= 0.3 is 6.18 Å². The van der Waals surface area contributed by atoms with E-state index in [1.54, 1.807) is 18.2 Å². The number of hydrogen-bond acceptors (Lipinski definition) is 4. The van der Waals surface area contributed by atoms with Crippen molar-refractivity contribution in [3.05, 3.63) is 47.7 Å². The molecule has 1 saturated heterocycles. The molecule has 0 bridgehead atoms. The van der Waals surface area contributed by atoms with Crippen molar-refractivity contribution in [2.45, 2.75) is 19.0 Å². The van der Waals surface area contributed by atoms with Gasteiger partial charge in [0.25, 0.3) is 0 Å². The fourth-order valence-corrected chi connectivity index (χ4v) is 3.11. The molecule has 2 heterocycles. The largest absolute Gasteiger partial charge is 0.455 e. The maximum Gasteiger partial charge on any atom is 0.416 e. The highest BCUT2D eigenvalue weighted by atomic mass is 32.1. The second kappa shape index (κ2) is 9.20. The number of halogens is 3. The van der Waals surface area contributed by atoms with Crippen LogP contribution in [0, 0.1) is 0 Å². The van der Waals surface area contributed by atoms with E-state index in [1.807, 2.05) is 0 Å². The Morgan fingerprint density at radius 2 is 2.00 bits per heavy atom. The van der Waals surface area contributed by atoms with Crippen molar-refractivity contribution < 1.29 is 17.6 Å². The number of nitrogens with one attached hydrogen (secondary N) is 2. The first-order valence-electron chi connectivity index (χ1n) is 8.98. The van der Waals surface area contributed by atoms with Crippen LogP contribution < -0.4 is 10.7 Å². The van der Waals surface area contributed by atoms with Gasteiger partial charge in [-0.1, -0.05) is 12.1 Å². The van der Waals surface area contributed by atoms with Crippen LogP contribution in [0.1, 0.15) is 24.2 Å². The molecule has 1 aliphatic rings. The molecule has 0 spiro atoms. The van der Waals surface area contributed by atoms with Crippen LogP contribution in [-0.4, -0.2) is 42.4 Å². The van der Waals surface area contributed by atoms with Crippen LogP contribution >= 0.6 is 12.2 Å². The van der Waals surface area contributed by atoms with Gasteiger partial charge in [0.05, 0.1) is 11.8 Å². The molecule has 0 aliphatic carbocycles. The highest BCUT2D eigenvalue weighted by molar-refractivity contribution is 7.80. The normalized spacial score (nSPS) is 15.2. The van der Waals surface area contributed by atoms with Crippen LogP contribution in [0.15, 0.2) is 45.9 Å². The lowest BCUT2D eigenvalue weighted by atomic mass is 10.1. The van der Waals surface area contributed by atoms with Crippen LogP contribution in [0.5, 0.6) is 0 Å². The smallest absolute Gasteiger partial charge is 0.416 e. The molecule has 0 radical (unpaired) electrons. The molecule has 5 nitrogen and oxygen atoms in total. The molecule has 1 fully saturated rings. The first kappa shape index (κ1) is 20.3. The summed E-state index contributed by atoms with van der Waals surface area (Å²) in [4.78, 5) is 2.37. The third-order valence-corrected chi connectivity index (χ3v) is 4.61. The number of thiocarbonyl (C=S) groups is 1. The van der Waals surface area contributed by atoms with Gasteiger partial charge in [-0.2, -0.15) is 18.3 Å². The van der Waals surface area contributed by atoms with Crippen molar-refractivity contribution in [2.24, 2.45) is 5.10 Å². The minimum Gasteiger partial charge on any atom is -0.455 e. The van der Waals surface area contributed by atoms with Crippen LogP contribution in [0.4, 0.5) is 13.2 Å². The van der Waals surface area contributed by atoms with E-state index in [4.69, 9.17) is 16.6 Å². The summed E-state index contributed by atoms with van der Waals surface area (Å²) in [6.45, 7) is 3.94. The van der Waals surface area contributed by atoms with Gasteiger partial charge in [-0.25, -0.2) is 0 Å². The molecular formula is C19H21F3N4OS. The van der Waals surface area contributed by atoms with E-state index < -0.39 is 11.7 Å². The van der Waals surface area contributed by atoms with Crippen molar-refractivity contribution >= 4 is 23.5 Å². The molecule has 2 N–H and O–H groups in total. The van der Waals surface area contributed by atoms with E-state index in [0.717, 1.165) is 38.3 Å². The number of hydrogen-bond donors (Lipinski definition) is 2. The summed E-state index contributed by atoms with van der Waals surface area (Å²) in [5, 5.41) is 7.47. The molecule has 3 rings (SSSR count). The Kier molecular flexibility index (Phi) is 6.69. The van der Waals surface area contributed by atoms with Crippen molar-refractivity contribution in [3.63, 3.8) is 0 Å². The van der Waals surface area contributed by atoms with Gasteiger partial charge in [-0.05, 0) is 62.4 Å². The number of likely N-dealkylation sites (tertiary alicyclic amines) is 1. The van der Waals surface area contributed by atoms with Gasteiger partial charge in [0.15, 0.2) is 5.11 Å². The Morgan fingerprint density at radius 1 is 1.21 bits per heavy atom. The van der Waals surface area contributed by atoms with Gasteiger partial charge in [-0.3, -0.25) is 5.43 Å². The predicted molar refractivity (Wildman–Crippen MR) is 106 cm³/mol. The van der Waals surface area contributed by atoms with Gasteiger partial charge in [0.2, 0.25) is 0 Å². The zero-order valence-electron chi connectivity index (χ0n) is 15.1. The summed E-state index contributed by atoms with van der Waals surface area (Å²) >= 11 is 5.15. The lowest BCUT2D eigenvalue weighted by molar-refractivity contribution is -0.137. The van der Waals surface area contributed by atoms with E-state index in [9.17, 15) is 13.2 Å². The second-order valence-corrected chi connectivity index (χ2v) is 6.86. The Labute approximate surface area is 166 Å². The van der Waals surface area contributed by atoms with Crippen molar-refractivity contribution in [2.75, 3.05) is 26.2 Å². The molecule has 0 atom stereocenters. The molecule has 1 aromatic carbocycles. The highest BCUT2D eigenvalue weighted by Gasteiger charge is 2.30. The van der Waals surface area contributed by atoms with Gasteiger partial charge in [0, 0.05) is 18.7 Å².